The zero-order valence-electron chi connectivity index (χ0n) is 50.6. The highest BCUT2D eigenvalue weighted by Crippen LogP contribution is 2.53. The van der Waals surface area contributed by atoms with Crippen molar-refractivity contribution in [3.8, 4) is 70.7 Å². The quantitative estimate of drug-likeness (QED) is 0.0819. The molecule has 90 heavy (non-hydrogen) atoms. The molecule has 3 N–H and O–H groups in total. The van der Waals surface area contributed by atoms with E-state index in [1.165, 1.54) is 48.8 Å². The standard InChI is InChI=1S/C69H70F4N10O7/c1-6-44-51(70)13-12-40-27-42(84)31-47(54(40)44)59-57(72)61-49(33-74-59)63(82-19-10-24-87-25-22-82)78-65(76-61)90-38-69-16-14-39(30-53(69)81(5)21-18-69)46-29-41-28-43(85)32-48(55(41)45(7-2)56(46)71)60-58(73)62-50(34-75-60)64(83-23-26-88-36-67(3,86)35-83)79-66(77-62)89-37-68-15-9-8-11-52(68)80(4)20-17-68/h1-2,12-13,27-29,31-34,39,52-53,84-86H,8-11,14-26,30,35-38H2,3-5H3. The summed E-state index contributed by atoms with van der Waals surface area (Å²) in [4.78, 5) is 37.0. The van der Waals surface area contributed by atoms with E-state index < -0.39 is 34.3 Å². The minimum atomic E-state index is -1.26. The van der Waals surface area contributed by atoms with Gasteiger partial charge in [0.15, 0.2) is 11.6 Å². The maximum absolute atomic E-state index is 17.9. The molecule has 2 aliphatic carbocycles. The zero-order valence-corrected chi connectivity index (χ0v) is 50.6. The predicted octanol–water partition coefficient (Wildman–Crippen LogP) is 10.4. The van der Waals surface area contributed by atoms with E-state index in [0.29, 0.717) is 111 Å². The van der Waals surface area contributed by atoms with Crippen molar-refractivity contribution in [2.24, 2.45) is 10.8 Å². The molecule has 4 aromatic heterocycles. The number of aliphatic hydroxyl groups is 1. The summed E-state index contributed by atoms with van der Waals surface area (Å²) >= 11 is 0. The number of phenols is 2. The number of nitrogens with zero attached hydrogens (tertiary/aromatic N) is 10. The smallest absolute Gasteiger partial charge is 0.319 e. The Morgan fingerprint density at radius 1 is 0.633 bits per heavy atom. The topological polar surface area (TPSA) is 188 Å². The van der Waals surface area contributed by atoms with E-state index in [1.54, 1.807) is 13.0 Å². The van der Waals surface area contributed by atoms with Crippen molar-refractivity contribution in [3.63, 3.8) is 0 Å². The Balaban J connectivity index is 0.790. The Labute approximate surface area is 518 Å². The lowest BCUT2D eigenvalue weighted by molar-refractivity contribution is -0.0123. The van der Waals surface area contributed by atoms with E-state index in [-0.39, 0.29) is 128 Å². The molecular formula is C69H70F4N10O7. The largest absolute Gasteiger partial charge is 0.508 e. The molecule has 6 atom stereocenters. The van der Waals surface area contributed by atoms with Gasteiger partial charge in [-0.05, 0) is 144 Å². The van der Waals surface area contributed by atoms with Crippen molar-refractivity contribution in [2.45, 2.75) is 94.7 Å². The molecule has 6 fully saturated rings. The molecule has 6 unspecified atom stereocenters. The lowest BCUT2D eigenvalue weighted by atomic mass is 9.66. The minimum Gasteiger partial charge on any atom is -0.508 e. The molecule has 4 aliphatic heterocycles. The van der Waals surface area contributed by atoms with E-state index in [2.05, 4.69) is 38.7 Å². The molecule has 17 nitrogen and oxygen atoms in total. The molecule has 8 aromatic rings. The van der Waals surface area contributed by atoms with E-state index in [4.69, 9.17) is 51.7 Å². The number of hydrogen-bond acceptors (Lipinski definition) is 17. The van der Waals surface area contributed by atoms with Gasteiger partial charge in [0.2, 0.25) is 0 Å². The fourth-order valence-corrected chi connectivity index (χ4v) is 15.8. The van der Waals surface area contributed by atoms with Crippen LogP contribution in [0, 0.1) is 58.8 Å². The number of benzene rings is 4. The number of ether oxygens (including phenoxy) is 4. The first-order chi connectivity index (χ1) is 43.5. The Kier molecular flexibility index (Phi) is 15.4. The number of anilines is 2. The van der Waals surface area contributed by atoms with Crippen LogP contribution < -0.4 is 19.3 Å². The fraction of sp³-hybridized carbons (Fsp3) is 0.449. The second-order valence-electron chi connectivity index (χ2n) is 26.0. The van der Waals surface area contributed by atoms with Crippen LogP contribution in [0.15, 0.2) is 54.9 Å². The Bertz CT molecular complexity index is 4280. The average Bonchev–Trinajstić information content (AvgIpc) is 0.996. The van der Waals surface area contributed by atoms with Gasteiger partial charge in [-0.1, -0.05) is 30.7 Å². The second-order valence-corrected chi connectivity index (χ2v) is 26.0. The number of likely N-dealkylation sites (tertiary alicyclic amines) is 2. The maximum Gasteiger partial charge on any atom is 0.319 e. The number of pyridine rings is 2. The van der Waals surface area contributed by atoms with E-state index >= 15 is 17.6 Å². The van der Waals surface area contributed by atoms with Gasteiger partial charge in [0.05, 0.1) is 61.5 Å². The number of rotatable bonds is 11. The summed E-state index contributed by atoms with van der Waals surface area (Å²) in [5.74, 6) is 1.95. The van der Waals surface area contributed by atoms with Crippen LogP contribution in [0.3, 0.4) is 0 Å². The van der Waals surface area contributed by atoms with Gasteiger partial charge >= 0.3 is 12.0 Å². The van der Waals surface area contributed by atoms with Gasteiger partial charge in [-0.15, -0.1) is 12.8 Å². The fourth-order valence-electron chi connectivity index (χ4n) is 15.8. The summed E-state index contributed by atoms with van der Waals surface area (Å²) < 4.78 is 93.1. The third kappa shape index (κ3) is 10.4. The zero-order chi connectivity index (χ0) is 62.4. The van der Waals surface area contributed by atoms with Crippen LogP contribution in [0.4, 0.5) is 29.2 Å². The number of phenolic OH excluding ortho intramolecular Hbond substituents is 2. The van der Waals surface area contributed by atoms with Crippen LogP contribution in [0.25, 0.3) is 65.9 Å². The van der Waals surface area contributed by atoms with Gasteiger partial charge < -0.3 is 53.9 Å². The number of halogens is 4. The lowest BCUT2D eigenvalue weighted by Gasteiger charge is -2.44. The Hall–Kier alpha value is -8.18. The van der Waals surface area contributed by atoms with Crippen LogP contribution in [-0.2, 0) is 9.47 Å². The van der Waals surface area contributed by atoms with E-state index in [1.807, 2.05) is 16.8 Å². The third-order valence-electron chi connectivity index (χ3n) is 20.3. The van der Waals surface area contributed by atoms with Crippen molar-refractivity contribution < 1.29 is 51.8 Å². The van der Waals surface area contributed by atoms with E-state index in [9.17, 15) is 15.3 Å². The average molecular weight is 1230 g/mol. The molecule has 21 heteroatoms. The lowest BCUT2D eigenvalue weighted by Crippen LogP contribution is -2.46. The molecule has 466 valence electrons. The molecule has 0 amide bonds. The van der Waals surface area contributed by atoms with Crippen LogP contribution in [-0.4, -0.2) is 166 Å². The first-order valence-corrected chi connectivity index (χ1v) is 31.1. The number of hydrogen-bond donors (Lipinski definition) is 3. The van der Waals surface area contributed by atoms with Gasteiger partial charge in [0, 0.05) is 83.4 Å². The number of β-amino-alcohol motifs (C(OH)–C–C–N with tert-alkyl or cyclic N) is 1. The molecule has 2 saturated carbocycles. The molecule has 8 heterocycles. The van der Waals surface area contributed by atoms with Gasteiger partial charge in [0.1, 0.15) is 62.8 Å². The van der Waals surface area contributed by atoms with Crippen LogP contribution in [0.1, 0.15) is 93.7 Å². The highest BCUT2D eigenvalue weighted by atomic mass is 19.1. The summed E-state index contributed by atoms with van der Waals surface area (Å²) in [5, 5.41) is 35.4. The summed E-state index contributed by atoms with van der Waals surface area (Å²) in [6.45, 7) is 6.58. The number of aromatic hydroxyl groups is 2. The number of aromatic nitrogens is 6. The molecule has 6 aliphatic rings. The monoisotopic (exact) mass is 1230 g/mol. The summed E-state index contributed by atoms with van der Waals surface area (Å²) in [6, 6.07) is 10.0. The van der Waals surface area contributed by atoms with Crippen molar-refractivity contribution >= 4 is 55.0 Å². The molecule has 0 bridgehead atoms. The van der Waals surface area contributed by atoms with Crippen molar-refractivity contribution in [1.29, 1.82) is 0 Å². The molecule has 14 rings (SSSR count). The van der Waals surface area contributed by atoms with Gasteiger partial charge in [-0.25, -0.2) is 17.6 Å². The number of terminal acetylenes is 2. The van der Waals surface area contributed by atoms with Gasteiger partial charge in [-0.2, -0.15) is 19.9 Å². The Morgan fingerprint density at radius 2 is 1.23 bits per heavy atom. The minimum absolute atomic E-state index is 0.0255. The van der Waals surface area contributed by atoms with Gasteiger partial charge in [0.25, 0.3) is 0 Å². The molecule has 0 spiro atoms. The highest BCUT2D eigenvalue weighted by Gasteiger charge is 2.51. The first-order valence-electron chi connectivity index (χ1n) is 31.1. The maximum atomic E-state index is 17.9. The highest BCUT2D eigenvalue weighted by molar-refractivity contribution is 6.05. The molecule has 0 radical (unpaired) electrons. The molecule has 4 aromatic carbocycles. The van der Waals surface area contributed by atoms with Crippen LogP contribution >= 0.6 is 0 Å². The number of fused-ring (bicyclic) bond motifs is 6. The van der Waals surface area contributed by atoms with Crippen LogP contribution in [0.5, 0.6) is 23.5 Å². The normalized spacial score (nSPS) is 25.1. The molecule has 4 saturated heterocycles. The van der Waals surface area contributed by atoms with Crippen molar-refractivity contribution in [2.75, 3.05) is 103 Å². The first kappa shape index (κ1) is 59.4. The SMILES string of the molecule is C#Cc1c(F)ccc2cc(O)cc(-c3ncc4c(N5CCCOCC5)nc(OCC56CCC(c7cc8cc(O)cc(-c9ncc%10c(N%11CCOCC(C)(O)C%11)nc(OCC%11%12CCCCC%11N(C)CC%12)nc%10c9F)c8c(C#C)c7F)CC5N(C)CC6)nc4c3F)c12. The summed E-state index contributed by atoms with van der Waals surface area (Å²) in [6.07, 6.45) is 23.3. The Morgan fingerprint density at radius 3 is 1.90 bits per heavy atom. The summed E-state index contributed by atoms with van der Waals surface area (Å²) in [7, 11) is 4.18. The predicted molar refractivity (Wildman–Crippen MR) is 334 cm³/mol. The third-order valence-corrected chi connectivity index (χ3v) is 20.3. The summed E-state index contributed by atoms with van der Waals surface area (Å²) in [5.41, 5.74) is -2.15. The van der Waals surface area contributed by atoms with Crippen LogP contribution in [0.2, 0.25) is 0 Å². The second kappa shape index (κ2) is 23.2. The van der Waals surface area contributed by atoms with Crippen molar-refractivity contribution in [3.05, 3.63) is 94.8 Å². The van der Waals surface area contributed by atoms with Gasteiger partial charge in [-0.3, -0.25) is 9.97 Å². The van der Waals surface area contributed by atoms with Crippen molar-refractivity contribution in [1.82, 2.24) is 39.7 Å². The molecular weight excluding hydrogens is 1160 g/mol. The van der Waals surface area contributed by atoms with E-state index in [0.717, 1.165) is 45.1 Å².